The lowest BCUT2D eigenvalue weighted by Gasteiger charge is -2.38. The molecule has 1 heterocycles. The van der Waals surface area contributed by atoms with Crippen molar-refractivity contribution in [1.29, 1.82) is 0 Å². The molecule has 40 heavy (non-hydrogen) atoms. The molecule has 3 aromatic carbocycles. The van der Waals surface area contributed by atoms with E-state index < -0.39 is 12.1 Å². The highest BCUT2D eigenvalue weighted by Crippen LogP contribution is 2.31. The minimum absolute atomic E-state index is 0.0307. The van der Waals surface area contributed by atoms with Crippen LogP contribution in [0.15, 0.2) is 66.7 Å². The molecule has 0 unspecified atom stereocenters. The molecule has 0 aromatic heterocycles. The highest BCUT2D eigenvalue weighted by Gasteiger charge is 2.33. The number of benzene rings is 3. The highest BCUT2D eigenvalue weighted by atomic mass is 35.5. The van der Waals surface area contributed by atoms with Crippen molar-refractivity contribution in [2.24, 2.45) is 5.92 Å². The Labute approximate surface area is 244 Å². The molecule has 3 amide bonds. The van der Waals surface area contributed by atoms with E-state index in [1.807, 2.05) is 51.2 Å². The van der Waals surface area contributed by atoms with Crippen molar-refractivity contribution >= 4 is 46.5 Å². The Hall–Kier alpha value is -3.30. The molecule has 1 aliphatic heterocycles. The lowest BCUT2D eigenvalue weighted by atomic mass is 9.99. The minimum atomic E-state index is -0.429. The molecule has 1 aliphatic rings. The summed E-state index contributed by atoms with van der Waals surface area (Å²) in [5, 5.41) is 16.5. The van der Waals surface area contributed by atoms with Gasteiger partial charge in [-0.2, -0.15) is 0 Å². The second kappa shape index (κ2) is 13.4. The number of nitrogens with zero attached hydrogens (tertiary/aromatic N) is 2. The molecule has 10 heteroatoms. The van der Waals surface area contributed by atoms with Crippen LogP contribution in [0.25, 0.3) is 0 Å². The monoisotopic (exact) mass is 584 g/mol. The molecule has 3 aromatic rings. The quantitative estimate of drug-likeness (QED) is 0.302. The van der Waals surface area contributed by atoms with Crippen molar-refractivity contribution in [3.05, 3.63) is 87.9 Å². The number of ether oxygens (including phenoxy) is 1. The number of likely N-dealkylation sites (N-methyl/N-ethyl adjacent to an activating group) is 1. The number of aliphatic hydroxyl groups excluding tert-OH is 1. The van der Waals surface area contributed by atoms with Crippen LogP contribution in [-0.2, 0) is 6.54 Å². The zero-order chi connectivity index (χ0) is 28.8. The Balaban J connectivity index is 1.56. The zero-order valence-corrected chi connectivity index (χ0v) is 24.2. The molecule has 0 saturated carbocycles. The number of nitrogens with one attached hydrogen (secondary N) is 2. The van der Waals surface area contributed by atoms with Crippen molar-refractivity contribution < 1.29 is 19.4 Å². The van der Waals surface area contributed by atoms with Crippen molar-refractivity contribution in [1.82, 2.24) is 9.80 Å². The van der Waals surface area contributed by atoms with E-state index in [1.54, 1.807) is 41.3 Å². The van der Waals surface area contributed by atoms with Crippen LogP contribution in [0.1, 0.15) is 29.8 Å². The number of carbonyl (C=O) groups is 2. The molecule has 0 fully saturated rings. The van der Waals surface area contributed by atoms with Gasteiger partial charge in [-0.15, -0.1) is 0 Å². The van der Waals surface area contributed by atoms with Crippen molar-refractivity contribution in [2.45, 2.75) is 32.5 Å². The van der Waals surface area contributed by atoms with Crippen LogP contribution in [0, 0.1) is 5.92 Å². The topological polar surface area (TPSA) is 94.1 Å². The number of fused-ring (bicyclic) bond motifs is 1. The third-order valence-electron chi connectivity index (χ3n) is 6.88. The molecule has 3 atom stereocenters. The van der Waals surface area contributed by atoms with Crippen LogP contribution < -0.4 is 15.4 Å². The van der Waals surface area contributed by atoms with E-state index in [2.05, 4.69) is 15.5 Å². The number of halogens is 2. The second-order valence-electron chi connectivity index (χ2n) is 10.2. The largest absolute Gasteiger partial charge is 0.488 e. The first-order valence-electron chi connectivity index (χ1n) is 13.1. The fraction of sp³-hybridized carbons (Fsp3) is 0.333. The molecule has 8 nitrogen and oxygen atoms in total. The lowest BCUT2D eigenvalue weighted by molar-refractivity contribution is 0.0341. The third-order valence-corrected chi connectivity index (χ3v) is 7.62. The summed E-state index contributed by atoms with van der Waals surface area (Å²) in [5.41, 5.74) is 2.44. The van der Waals surface area contributed by atoms with Crippen LogP contribution in [0.4, 0.5) is 16.2 Å². The van der Waals surface area contributed by atoms with E-state index in [-0.39, 0.29) is 24.5 Å². The van der Waals surface area contributed by atoms with Gasteiger partial charge in [-0.25, -0.2) is 4.79 Å². The molecule has 212 valence electrons. The van der Waals surface area contributed by atoms with E-state index in [1.165, 1.54) is 0 Å². The lowest BCUT2D eigenvalue weighted by Crippen LogP contribution is -2.49. The third kappa shape index (κ3) is 7.46. The van der Waals surface area contributed by atoms with Gasteiger partial charge in [-0.3, -0.25) is 9.69 Å². The van der Waals surface area contributed by atoms with Gasteiger partial charge in [-0.1, -0.05) is 54.4 Å². The molecule has 0 radical (unpaired) electrons. The number of hydrogen-bond acceptors (Lipinski definition) is 5. The van der Waals surface area contributed by atoms with Gasteiger partial charge in [0.2, 0.25) is 0 Å². The van der Waals surface area contributed by atoms with E-state index in [0.717, 1.165) is 5.56 Å². The van der Waals surface area contributed by atoms with E-state index >= 15 is 0 Å². The van der Waals surface area contributed by atoms with Gasteiger partial charge >= 0.3 is 6.03 Å². The zero-order valence-electron chi connectivity index (χ0n) is 22.7. The van der Waals surface area contributed by atoms with Gasteiger partial charge in [-0.05, 0) is 62.0 Å². The van der Waals surface area contributed by atoms with E-state index in [9.17, 15) is 14.7 Å². The minimum Gasteiger partial charge on any atom is -0.488 e. The molecule has 4 rings (SSSR count). The number of carbonyl (C=O) groups excluding carboxylic acids is 2. The molecular formula is C30H34Cl2N4O4. The Kier molecular flexibility index (Phi) is 9.92. The first kappa shape index (κ1) is 29.7. The molecule has 0 saturated heterocycles. The van der Waals surface area contributed by atoms with Crippen LogP contribution >= 0.6 is 23.2 Å². The normalized spacial score (nSPS) is 17.9. The Morgan fingerprint density at radius 3 is 2.50 bits per heavy atom. The Morgan fingerprint density at radius 2 is 1.80 bits per heavy atom. The summed E-state index contributed by atoms with van der Waals surface area (Å²) in [6, 6.07) is 18.9. The smallest absolute Gasteiger partial charge is 0.323 e. The van der Waals surface area contributed by atoms with E-state index in [0.29, 0.717) is 52.4 Å². The van der Waals surface area contributed by atoms with Gasteiger partial charge in [0.1, 0.15) is 11.9 Å². The fourth-order valence-corrected chi connectivity index (χ4v) is 4.98. The maximum atomic E-state index is 13.7. The van der Waals surface area contributed by atoms with Gasteiger partial charge in [0, 0.05) is 36.9 Å². The van der Waals surface area contributed by atoms with Crippen LogP contribution in [-0.4, -0.2) is 65.7 Å². The first-order chi connectivity index (χ1) is 19.1. The molecule has 3 N–H and O–H groups in total. The molecule has 0 spiro atoms. The van der Waals surface area contributed by atoms with Crippen molar-refractivity contribution in [3.63, 3.8) is 0 Å². The SMILES string of the molecule is C[C@@H]1CN([C@H](C)CO)C(=O)c2cc(NC(=O)Nc3ccccc3)ccc2O[C@@H]1CN(C)Cc1ccc(Cl)c(Cl)c1. The van der Waals surface area contributed by atoms with Gasteiger partial charge in [0.25, 0.3) is 5.91 Å². The average molecular weight is 586 g/mol. The summed E-state index contributed by atoms with van der Waals surface area (Å²) >= 11 is 12.3. The van der Waals surface area contributed by atoms with Crippen LogP contribution in [0.2, 0.25) is 10.0 Å². The number of aliphatic hydroxyl groups is 1. The van der Waals surface area contributed by atoms with Crippen LogP contribution in [0.5, 0.6) is 5.75 Å². The Morgan fingerprint density at radius 1 is 1.07 bits per heavy atom. The van der Waals surface area contributed by atoms with Gasteiger partial charge < -0.3 is 25.4 Å². The molecule has 0 aliphatic carbocycles. The number of anilines is 2. The maximum Gasteiger partial charge on any atom is 0.323 e. The highest BCUT2D eigenvalue weighted by molar-refractivity contribution is 6.42. The van der Waals surface area contributed by atoms with Crippen molar-refractivity contribution in [2.75, 3.05) is 37.4 Å². The number of amides is 3. The van der Waals surface area contributed by atoms with E-state index in [4.69, 9.17) is 27.9 Å². The number of para-hydroxylation sites is 1. The predicted octanol–water partition coefficient (Wildman–Crippen LogP) is 5.99. The number of hydrogen-bond donors (Lipinski definition) is 3. The summed E-state index contributed by atoms with van der Waals surface area (Å²) in [6.07, 6.45) is -0.256. The summed E-state index contributed by atoms with van der Waals surface area (Å²) in [7, 11) is 2.00. The first-order valence-corrected chi connectivity index (χ1v) is 13.9. The standard InChI is InChI=1S/C30H34Cl2N4O4/c1-19-15-36(20(2)18-37)29(38)24-14-23(34-30(39)33-22-7-5-4-6-8-22)10-12-27(24)40-28(19)17-35(3)16-21-9-11-25(31)26(32)13-21/h4-14,19-20,28,37H,15-18H2,1-3H3,(H2,33,34,39)/t19-,20-,28-/m1/s1. The summed E-state index contributed by atoms with van der Waals surface area (Å²) in [5.74, 6) is 0.128. The van der Waals surface area contributed by atoms with Gasteiger partial charge in [0.15, 0.2) is 0 Å². The Bertz CT molecular complexity index is 1340. The number of urea groups is 1. The molecule has 0 bridgehead atoms. The second-order valence-corrected chi connectivity index (χ2v) is 11.0. The van der Waals surface area contributed by atoms with Gasteiger partial charge in [0.05, 0.1) is 28.3 Å². The van der Waals surface area contributed by atoms with Crippen LogP contribution in [0.3, 0.4) is 0 Å². The maximum absolute atomic E-state index is 13.7. The summed E-state index contributed by atoms with van der Waals surface area (Å²) in [4.78, 5) is 30.0. The summed E-state index contributed by atoms with van der Waals surface area (Å²) in [6.45, 7) is 5.29. The number of rotatable bonds is 8. The molecular weight excluding hydrogens is 551 g/mol. The van der Waals surface area contributed by atoms with Crippen molar-refractivity contribution in [3.8, 4) is 5.75 Å². The fourth-order valence-electron chi connectivity index (χ4n) is 4.65. The average Bonchev–Trinajstić information content (AvgIpc) is 2.93. The predicted molar refractivity (Wildman–Crippen MR) is 159 cm³/mol. The summed E-state index contributed by atoms with van der Waals surface area (Å²) < 4.78 is 6.46.